The Hall–Kier alpha value is -1.41. The molecule has 0 saturated carbocycles. The second-order valence-corrected chi connectivity index (χ2v) is 5.84. The molecule has 0 bridgehead atoms. The van der Waals surface area contributed by atoms with Crippen LogP contribution in [0.4, 0.5) is 13.2 Å². The third-order valence-electron chi connectivity index (χ3n) is 2.21. The molecule has 0 aliphatic rings. The molecule has 3 nitrogen and oxygen atoms in total. The summed E-state index contributed by atoms with van der Waals surface area (Å²) in [6, 6.07) is 5.62. The Labute approximate surface area is 117 Å². The molecule has 100 valence electrons. The molecule has 0 saturated heterocycles. The standard InChI is InChI=1S/C11H5BrF3NO2S/c12-8-7(11(13,14)15)16-9(19-8)5-2-1-3-6(4-5)10(17)18/h1-4H,(H,17,18). The molecule has 0 amide bonds. The van der Waals surface area contributed by atoms with E-state index in [-0.39, 0.29) is 14.4 Å². The molecule has 0 atom stereocenters. The molecule has 0 aliphatic carbocycles. The van der Waals surface area contributed by atoms with E-state index in [1.165, 1.54) is 24.3 Å². The van der Waals surface area contributed by atoms with Gasteiger partial charge in [-0.15, -0.1) is 11.3 Å². The van der Waals surface area contributed by atoms with E-state index >= 15 is 0 Å². The Balaban J connectivity index is 2.48. The van der Waals surface area contributed by atoms with E-state index in [0.29, 0.717) is 5.56 Å². The Morgan fingerprint density at radius 1 is 1.37 bits per heavy atom. The normalized spacial score (nSPS) is 11.6. The molecule has 1 aromatic heterocycles. The maximum atomic E-state index is 12.6. The minimum absolute atomic E-state index is 0.00242. The lowest BCUT2D eigenvalue weighted by molar-refractivity contribution is -0.141. The van der Waals surface area contributed by atoms with Crippen molar-refractivity contribution >= 4 is 33.2 Å². The van der Waals surface area contributed by atoms with Crippen LogP contribution in [0.1, 0.15) is 16.1 Å². The van der Waals surface area contributed by atoms with Crippen LogP contribution in [-0.2, 0) is 6.18 Å². The van der Waals surface area contributed by atoms with Crippen LogP contribution in [0.5, 0.6) is 0 Å². The number of aromatic carboxylic acids is 1. The van der Waals surface area contributed by atoms with Gasteiger partial charge in [-0.2, -0.15) is 13.2 Å². The van der Waals surface area contributed by atoms with Crippen LogP contribution in [0.25, 0.3) is 10.6 Å². The molecular formula is C11H5BrF3NO2S. The second kappa shape index (κ2) is 4.93. The highest BCUT2D eigenvalue weighted by Gasteiger charge is 2.37. The van der Waals surface area contributed by atoms with Gasteiger partial charge in [0, 0.05) is 5.56 Å². The molecular weight excluding hydrogens is 347 g/mol. The predicted octanol–water partition coefficient (Wildman–Crippen LogP) is 4.29. The van der Waals surface area contributed by atoms with Crippen LogP contribution >= 0.6 is 27.3 Å². The fourth-order valence-electron chi connectivity index (χ4n) is 1.39. The van der Waals surface area contributed by atoms with Crippen molar-refractivity contribution in [2.75, 3.05) is 0 Å². The number of rotatable bonds is 2. The number of thiazole rings is 1. The van der Waals surface area contributed by atoms with Crippen LogP contribution in [0, 0.1) is 0 Å². The Morgan fingerprint density at radius 2 is 2.05 bits per heavy atom. The molecule has 2 rings (SSSR count). The number of alkyl halides is 3. The summed E-state index contributed by atoms with van der Waals surface area (Å²) < 4.78 is 37.7. The van der Waals surface area contributed by atoms with Gasteiger partial charge in [0.1, 0.15) is 8.79 Å². The van der Waals surface area contributed by atoms with Gasteiger partial charge >= 0.3 is 12.1 Å². The Morgan fingerprint density at radius 3 is 2.58 bits per heavy atom. The van der Waals surface area contributed by atoms with E-state index in [1.54, 1.807) is 0 Å². The Kier molecular flexibility index (Phi) is 3.64. The van der Waals surface area contributed by atoms with Crippen molar-refractivity contribution in [3.63, 3.8) is 0 Å². The van der Waals surface area contributed by atoms with E-state index in [1.807, 2.05) is 0 Å². The second-order valence-electron chi connectivity index (χ2n) is 3.53. The predicted molar refractivity (Wildman–Crippen MR) is 67.2 cm³/mol. The lowest BCUT2D eigenvalue weighted by Crippen LogP contribution is -2.06. The first-order valence-electron chi connectivity index (χ1n) is 4.86. The molecule has 0 fully saturated rings. The fraction of sp³-hybridized carbons (Fsp3) is 0.0909. The number of halogens is 4. The van der Waals surface area contributed by atoms with Crippen molar-refractivity contribution < 1.29 is 23.1 Å². The molecule has 1 heterocycles. The minimum Gasteiger partial charge on any atom is -0.478 e. The van der Waals surface area contributed by atoms with Crippen molar-refractivity contribution in [3.05, 3.63) is 39.3 Å². The van der Waals surface area contributed by atoms with Crippen LogP contribution in [0.15, 0.2) is 28.1 Å². The molecule has 19 heavy (non-hydrogen) atoms. The molecule has 0 unspecified atom stereocenters. The third-order valence-corrected chi connectivity index (χ3v) is 3.96. The van der Waals surface area contributed by atoms with E-state index in [9.17, 15) is 18.0 Å². The summed E-state index contributed by atoms with van der Waals surface area (Å²) in [6.45, 7) is 0. The van der Waals surface area contributed by atoms with Crippen LogP contribution in [0.3, 0.4) is 0 Å². The first-order valence-corrected chi connectivity index (χ1v) is 6.47. The van der Waals surface area contributed by atoms with E-state index in [4.69, 9.17) is 5.11 Å². The van der Waals surface area contributed by atoms with Gasteiger partial charge in [0.2, 0.25) is 0 Å². The number of hydrogen-bond acceptors (Lipinski definition) is 3. The van der Waals surface area contributed by atoms with E-state index < -0.39 is 17.8 Å². The van der Waals surface area contributed by atoms with Gasteiger partial charge in [-0.3, -0.25) is 0 Å². The number of carboxylic acid groups (broad SMARTS) is 1. The Bertz CT molecular complexity index is 639. The molecule has 0 spiro atoms. The highest BCUT2D eigenvalue weighted by atomic mass is 79.9. The van der Waals surface area contributed by atoms with Gasteiger partial charge in [-0.25, -0.2) is 9.78 Å². The third kappa shape index (κ3) is 2.95. The first kappa shape index (κ1) is 14.0. The van der Waals surface area contributed by atoms with Gasteiger partial charge in [0.25, 0.3) is 0 Å². The van der Waals surface area contributed by atoms with Gasteiger partial charge in [0.05, 0.1) is 5.56 Å². The summed E-state index contributed by atoms with van der Waals surface area (Å²) in [6.07, 6.45) is -4.54. The molecule has 2 aromatic rings. The number of aromatic nitrogens is 1. The quantitative estimate of drug-likeness (QED) is 0.877. The summed E-state index contributed by atoms with van der Waals surface area (Å²) >= 11 is 3.62. The highest BCUT2D eigenvalue weighted by molar-refractivity contribution is 9.11. The van der Waals surface area contributed by atoms with Gasteiger partial charge in [0.15, 0.2) is 5.69 Å². The summed E-state index contributed by atoms with van der Waals surface area (Å²) in [7, 11) is 0. The number of carboxylic acids is 1. The summed E-state index contributed by atoms with van der Waals surface area (Å²) in [5.41, 5.74) is -0.674. The van der Waals surface area contributed by atoms with Crippen molar-refractivity contribution in [1.29, 1.82) is 0 Å². The monoisotopic (exact) mass is 351 g/mol. The zero-order chi connectivity index (χ0) is 14.2. The molecule has 0 aliphatic heterocycles. The lowest BCUT2D eigenvalue weighted by Gasteiger charge is -2.01. The van der Waals surface area contributed by atoms with Crippen LogP contribution in [0.2, 0.25) is 0 Å². The number of hydrogen-bond donors (Lipinski definition) is 1. The first-order chi connectivity index (χ1) is 8.79. The zero-order valence-corrected chi connectivity index (χ0v) is 11.4. The largest absolute Gasteiger partial charge is 0.478 e. The summed E-state index contributed by atoms with van der Waals surface area (Å²) in [5.74, 6) is -1.14. The van der Waals surface area contributed by atoms with E-state index in [2.05, 4.69) is 20.9 Å². The van der Waals surface area contributed by atoms with Crippen LogP contribution in [-0.4, -0.2) is 16.1 Å². The van der Waals surface area contributed by atoms with Gasteiger partial charge in [-0.05, 0) is 28.1 Å². The smallest absolute Gasteiger partial charge is 0.435 e. The highest BCUT2D eigenvalue weighted by Crippen LogP contribution is 2.40. The van der Waals surface area contributed by atoms with Crippen molar-refractivity contribution in [2.45, 2.75) is 6.18 Å². The van der Waals surface area contributed by atoms with Crippen molar-refractivity contribution in [3.8, 4) is 10.6 Å². The topological polar surface area (TPSA) is 50.2 Å². The zero-order valence-electron chi connectivity index (χ0n) is 9.03. The van der Waals surface area contributed by atoms with Gasteiger partial charge < -0.3 is 5.11 Å². The van der Waals surface area contributed by atoms with Gasteiger partial charge in [-0.1, -0.05) is 12.1 Å². The van der Waals surface area contributed by atoms with Crippen LogP contribution < -0.4 is 0 Å². The maximum absolute atomic E-state index is 12.6. The average molecular weight is 352 g/mol. The minimum atomic E-state index is -4.54. The molecule has 8 heteroatoms. The summed E-state index contributed by atoms with van der Waals surface area (Å²) in [5, 5.41) is 8.95. The van der Waals surface area contributed by atoms with Crippen molar-refractivity contribution in [1.82, 2.24) is 4.98 Å². The average Bonchev–Trinajstić information content (AvgIpc) is 2.71. The van der Waals surface area contributed by atoms with E-state index in [0.717, 1.165) is 11.3 Å². The number of nitrogens with zero attached hydrogens (tertiary/aromatic N) is 1. The molecule has 0 radical (unpaired) electrons. The number of benzene rings is 1. The number of carbonyl (C=O) groups is 1. The maximum Gasteiger partial charge on any atom is 0.435 e. The van der Waals surface area contributed by atoms with Crippen molar-refractivity contribution in [2.24, 2.45) is 0 Å². The SMILES string of the molecule is O=C(O)c1cccc(-c2nc(C(F)(F)F)c(Br)s2)c1. The summed E-state index contributed by atoms with van der Waals surface area (Å²) in [4.78, 5) is 14.3. The fourth-order valence-corrected chi connectivity index (χ4v) is 2.97. The lowest BCUT2D eigenvalue weighted by atomic mass is 10.1. The molecule has 1 N–H and O–H groups in total. The molecule has 1 aromatic carbocycles.